The number of nitrogens with one attached hydrogen (secondary N) is 1. The van der Waals surface area contributed by atoms with Gasteiger partial charge in [0, 0.05) is 25.1 Å². The van der Waals surface area contributed by atoms with Gasteiger partial charge in [0.1, 0.15) is 0 Å². The van der Waals surface area contributed by atoms with Crippen molar-refractivity contribution in [3.05, 3.63) is 45.5 Å². The molecule has 0 heterocycles. The van der Waals surface area contributed by atoms with Crippen LogP contribution in [0.15, 0.2) is 24.3 Å². The third-order valence-electron chi connectivity index (χ3n) is 2.41. The van der Waals surface area contributed by atoms with Crippen molar-refractivity contribution in [2.75, 3.05) is 6.54 Å². The van der Waals surface area contributed by atoms with Crippen LogP contribution < -0.4 is 5.32 Å². The summed E-state index contributed by atoms with van der Waals surface area (Å²) in [4.78, 5) is 20.9. The third-order valence-corrected chi connectivity index (χ3v) is 2.41. The first-order valence-corrected chi connectivity index (χ1v) is 5.66. The van der Waals surface area contributed by atoms with E-state index in [1.165, 1.54) is 13.0 Å². The van der Waals surface area contributed by atoms with Crippen molar-refractivity contribution in [2.45, 2.75) is 20.3 Å². The molecule has 5 nitrogen and oxygen atoms in total. The highest BCUT2D eigenvalue weighted by Crippen LogP contribution is 2.19. The van der Waals surface area contributed by atoms with Gasteiger partial charge in [-0.05, 0) is 31.0 Å². The molecule has 1 N–H and O–H groups in total. The Bertz CT molecular complexity index is 481. The van der Waals surface area contributed by atoms with E-state index >= 15 is 0 Å². The number of rotatable bonds is 5. The van der Waals surface area contributed by atoms with E-state index in [1.807, 2.05) is 12.2 Å². The highest BCUT2D eigenvalue weighted by Gasteiger charge is 2.08. The number of carbonyl (C=O) groups is 1. The second-order valence-electron chi connectivity index (χ2n) is 3.98. The maximum atomic E-state index is 10.6. The summed E-state index contributed by atoms with van der Waals surface area (Å²) in [5.74, 6) is -0.0467. The molecule has 1 rings (SSSR count). The van der Waals surface area contributed by atoms with Crippen LogP contribution in [0.5, 0.6) is 0 Å². The van der Waals surface area contributed by atoms with Gasteiger partial charge >= 0.3 is 0 Å². The van der Waals surface area contributed by atoms with Crippen LogP contribution in [-0.2, 0) is 4.79 Å². The predicted octanol–water partition coefficient (Wildman–Crippen LogP) is 2.44. The van der Waals surface area contributed by atoms with E-state index in [2.05, 4.69) is 5.32 Å². The van der Waals surface area contributed by atoms with Crippen molar-refractivity contribution < 1.29 is 9.72 Å². The summed E-state index contributed by atoms with van der Waals surface area (Å²) < 4.78 is 0. The van der Waals surface area contributed by atoms with Crippen LogP contribution >= 0.6 is 0 Å². The van der Waals surface area contributed by atoms with Crippen LogP contribution in [0, 0.1) is 17.0 Å². The molecular formula is C13H16N2O3. The molecule has 0 bridgehead atoms. The number of hydrogen-bond acceptors (Lipinski definition) is 3. The summed E-state index contributed by atoms with van der Waals surface area (Å²) in [6, 6.07) is 4.98. The molecule has 0 spiro atoms. The van der Waals surface area contributed by atoms with Gasteiger partial charge in [0.2, 0.25) is 5.91 Å². The van der Waals surface area contributed by atoms with E-state index < -0.39 is 0 Å². The average molecular weight is 248 g/mol. The van der Waals surface area contributed by atoms with E-state index in [-0.39, 0.29) is 16.5 Å². The van der Waals surface area contributed by atoms with Gasteiger partial charge in [0.05, 0.1) is 4.92 Å². The Morgan fingerprint density at radius 2 is 2.22 bits per heavy atom. The van der Waals surface area contributed by atoms with E-state index in [4.69, 9.17) is 0 Å². The largest absolute Gasteiger partial charge is 0.356 e. The van der Waals surface area contributed by atoms with Gasteiger partial charge in [-0.2, -0.15) is 0 Å². The average Bonchev–Trinajstić information content (AvgIpc) is 2.27. The van der Waals surface area contributed by atoms with Crippen molar-refractivity contribution in [2.24, 2.45) is 0 Å². The fourth-order valence-electron chi connectivity index (χ4n) is 1.54. The highest BCUT2D eigenvalue weighted by molar-refractivity contribution is 5.72. The summed E-state index contributed by atoms with van der Waals surface area (Å²) in [5.41, 5.74) is 1.69. The SMILES string of the molecule is CC(=O)NCCC=Cc1ccc([N+](=O)[O-])c(C)c1. The lowest BCUT2D eigenvalue weighted by Crippen LogP contribution is -2.20. The fraction of sp³-hybridized carbons (Fsp3) is 0.308. The molecule has 1 aromatic carbocycles. The van der Waals surface area contributed by atoms with Crippen LogP contribution in [0.4, 0.5) is 5.69 Å². The molecule has 1 amide bonds. The van der Waals surface area contributed by atoms with Gasteiger partial charge in [0.15, 0.2) is 0 Å². The second-order valence-corrected chi connectivity index (χ2v) is 3.98. The number of nitro groups is 1. The number of carbonyl (C=O) groups excluding carboxylic acids is 1. The van der Waals surface area contributed by atoms with Crippen molar-refractivity contribution in [3.8, 4) is 0 Å². The first-order chi connectivity index (χ1) is 8.50. The number of nitrogens with zero attached hydrogens (tertiary/aromatic N) is 1. The van der Waals surface area contributed by atoms with Crippen molar-refractivity contribution in [1.82, 2.24) is 5.32 Å². The van der Waals surface area contributed by atoms with Crippen molar-refractivity contribution >= 4 is 17.7 Å². The molecule has 0 fully saturated rings. The van der Waals surface area contributed by atoms with E-state index in [0.717, 1.165) is 12.0 Å². The molecule has 1 aromatic rings. The van der Waals surface area contributed by atoms with Crippen molar-refractivity contribution in [1.29, 1.82) is 0 Å². The molecule has 96 valence electrons. The molecule has 18 heavy (non-hydrogen) atoms. The van der Waals surface area contributed by atoms with Gasteiger partial charge < -0.3 is 5.32 Å². The standard InChI is InChI=1S/C13H16N2O3/c1-10-9-12(6-7-13(10)15(17)18)5-3-4-8-14-11(2)16/h3,5-7,9H,4,8H2,1-2H3,(H,14,16). The molecule has 0 radical (unpaired) electrons. The molecule has 0 aromatic heterocycles. The summed E-state index contributed by atoms with van der Waals surface area (Å²) in [5, 5.41) is 13.3. The van der Waals surface area contributed by atoms with Gasteiger partial charge in [-0.1, -0.05) is 12.2 Å². The zero-order chi connectivity index (χ0) is 13.5. The Morgan fingerprint density at radius 1 is 1.50 bits per heavy atom. The molecule has 0 saturated heterocycles. The van der Waals surface area contributed by atoms with Gasteiger partial charge in [-0.25, -0.2) is 0 Å². The lowest BCUT2D eigenvalue weighted by Gasteiger charge is -1.99. The number of nitro benzene ring substituents is 1. The predicted molar refractivity (Wildman–Crippen MR) is 70.2 cm³/mol. The monoisotopic (exact) mass is 248 g/mol. The Morgan fingerprint density at radius 3 is 2.78 bits per heavy atom. The highest BCUT2D eigenvalue weighted by atomic mass is 16.6. The maximum absolute atomic E-state index is 10.6. The molecule has 0 aliphatic rings. The van der Waals surface area contributed by atoms with Crippen LogP contribution in [0.25, 0.3) is 6.08 Å². The maximum Gasteiger partial charge on any atom is 0.272 e. The lowest BCUT2D eigenvalue weighted by atomic mass is 10.1. The second kappa shape index (κ2) is 6.54. The first kappa shape index (κ1) is 13.9. The minimum absolute atomic E-state index is 0.0467. The molecular weight excluding hydrogens is 232 g/mol. The zero-order valence-corrected chi connectivity index (χ0v) is 10.5. The normalized spacial score (nSPS) is 10.6. The van der Waals surface area contributed by atoms with Crippen LogP contribution in [-0.4, -0.2) is 17.4 Å². The molecule has 0 aliphatic heterocycles. The van der Waals surface area contributed by atoms with Gasteiger partial charge in [-0.15, -0.1) is 0 Å². The zero-order valence-electron chi connectivity index (χ0n) is 10.5. The topological polar surface area (TPSA) is 72.2 Å². The van der Waals surface area contributed by atoms with Crippen LogP contribution in [0.2, 0.25) is 0 Å². The molecule has 0 unspecified atom stereocenters. The number of hydrogen-bond donors (Lipinski definition) is 1. The quantitative estimate of drug-likeness (QED) is 0.494. The van der Waals surface area contributed by atoms with E-state index in [1.54, 1.807) is 19.1 Å². The number of benzene rings is 1. The lowest BCUT2D eigenvalue weighted by molar-refractivity contribution is -0.385. The van der Waals surface area contributed by atoms with E-state index in [9.17, 15) is 14.9 Å². The number of amides is 1. The first-order valence-electron chi connectivity index (χ1n) is 5.66. The molecule has 0 aliphatic carbocycles. The Labute approximate surface area is 106 Å². The fourth-order valence-corrected chi connectivity index (χ4v) is 1.54. The summed E-state index contributed by atoms with van der Waals surface area (Å²) in [6.07, 6.45) is 4.55. The Balaban J connectivity index is 2.58. The molecule has 5 heteroatoms. The van der Waals surface area contributed by atoms with Gasteiger partial charge in [-0.3, -0.25) is 14.9 Å². The van der Waals surface area contributed by atoms with Crippen LogP contribution in [0.3, 0.4) is 0 Å². The molecule has 0 atom stereocenters. The minimum Gasteiger partial charge on any atom is -0.356 e. The summed E-state index contributed by atoms with van der Waals surface area (Å²) in [7, 11) is 0. The summed E-state index contributed by atoms with van der Waals surface area (Å²) >= 11 is 0. The Kier molecular flexibility index (Phi) is 5.05. The number of aryl methyl sites for hydroxylation is 1. The van der Waals surface area contributed by atoms with Crippen LogP contribution in [0.1, 0.15) is 24.5 Å². The Hall–Kier alpha value is -2.17. The van der Waals surface area contributed by atoms with Gasteiger partial charge in [0.25, 0.3) is 5.69 Å². The third kappa shape index (κ3) is 4.37. The van der Waals surface area contributed by atoms with E-state index in [0.29, 0.717) is 12.1 Å². The minimum atomic E-state index is -0.389. The summed E-state index contributed by atoms with van der Waals surface area (Å²) in [6.45, 7) is 3.79. The molecule has 0 saturated carbocycles. The smallest absolute Gasteiger partial charge is 0.272 e. The van der Waals surface area contributed by atoms with Crippen molar-refractivity contribution in [3.63, 3.8) is 0 Å².